The third-order valence-corrected chi connectivity index (χ3v) is 3.54. The number of rotatable bonds is 9. The maximum atomic E-state index is 3.57. The lowest BCUT2D eigenvalue weighted by Gasteiger charge is -2.23. The van der Waals surface area contributed by atoms with E-state index in [1.807, 2.05) is 0 Å². The Labute approximate surface area is 95.4 Å². The van der Waals surface area contributed by atoms with Crippen molar-refractivity contribution in [3.8, 4) is 0 Å². The van der Waals surface area contributed by atoms with Crippen molar-refractivity contribution in [1.82, 2.24) is 10.2 Å². The van der Waals surface area contributed by atoms with Gasteiger partial charge in [-0.3, -0.25) is 0 Å². The molecule has 0 aliphatic heterocycles. The SMILES string of the molecule is CCC(C)N(C)CCCCCNC1CC1. The van der Waals surface area contributed by atoms with Gasteiger partial charge in [-0.15, -0.1) is 0 Å². The Kier molecular flexibility index (Phi) is 6.26. The summed E-state index contributed by atoms with van der Waals surface area (Å²) in [6.45, 7) is 7.07. The number of nitrogens with one attached hydrogen (secondary N) is 1. The Bertz CT molecular complexity index is 155. The van der Waals surface area contributed by atoms with Crippen LogP contribution in [0.4, 0.5) is 0 Å². The van der Waals surface area contributed by atoms with Crippen molar-refractivity contribution < 1.29 is 0 Å². The quantitative estimate of drug-likeness (QED) is 0.591. The van der Waals surface area contributed by atoms with Gasteiger partial charge < -0.3 is 10.2 Å². The first-order chi connectivity index (χ1) is 7.24. The van der Waals surface area contributed by atoms with Crippen LogP contribution >= 0.6 is 0 Å². The Hall–Kier alpha value is -0.0800. The van der Waals surface area contributed by atoms with E-state index >= 15 is 0 Å². The summed E-state index contributed by atoms with van der Waals surface area (Å²) in [5, 5.41) is 3.57. The summed E-state index contributed by atoms with van der Waals surface area (Å²) in [6, 6.07) is 1.63. The van der Waals surface area contributed by atoms with E-state index in [0.717, 1.165) is 12.1 Å². The van der Waals surface area contributed by atoms with Crippen LogP contribution in [0, 0.1) is 0 Å². The minimum Gasteiger partial charge on any atom is -0.314 e. The maximum Gasteiger partial charge on any atom is 0.00682 e. The molecule has 2 nitrogen and oxygen atoms in total. The molecule has 2 heteroatoms. The minimum absolute atomic E-state index is 0.745. The van der Waals surface area contributed by atoms with Gasteiger partial charge in [0, 0.05) is 12.1 Å². The average molecular weight is 212 g/mol. The summed E-state index contributed by atoms with van der Waals surface area (Å²) in [4.78, 5) is 2.48. The molecule has 0 radical (unpaired) electrons. The highest BCUT2D eigenvalue weighted by Gasteiger charge is 2.19. The molecule has 0 aromatic rings. The third-order valence-electron chi connectivity index (χ3n) is 3.54. The van der Waals surface area contributed by atoms with Crippen LogP contribution < -0.4 is 5.32 Å². The second-order valence-corrected chi connectivity index (χ2v) is 5.03. The molecule has 1 fully saturated rings. The number of unbranched alkanes of at least 4 members (excludes halogenated alkanes) is 2. The summed E-state index contributed by atoms with van der Waals surface area (Å²) in [5.74, 6) is 0. The molecule has 1 aliphatic rings. The van der Waals surface area contributed by atoms with Gasteiger partial charge >= 0.3 is 0 Å². The van der Waals surface area contributed by atoms with Crippen molar-refractivity contribution in [3.05, 3.63) is 0 Å². The second kappa shape index (κ2) is 7.24. The molecule has 0 spiro atoms. The Morgan fingerprint density at radius 3 is 2.60 bits per heavy atom. The smallest absolute Gasteiger partial charge is 0.00682 e. The molecule has 0 aromatic heterocycles. The van der Waals surface area contributed by atoms with E-state index in [1.54, 1.807) is 0 Å². The number of hydrogen-bond donors (Lipinski definition) is 1. The number of nitrogens with zero attached hydrogens (tertiary/aromatic N) is 1. The molecule has 1 atom stereocenters. The minimum atomic E-state index is 0.745. The third kappa shape index (κ3) is 6.16. The van der Waals surface area contributed by atoms with Gasteiger partial charge in [0.05, 0.1) is 0 Å². The fourth-order valence-electron chi connectivity index (χ4n) is 1.79. The monoisotopic (exact) mass is 212 g/mol. The highest BCUT2D eigenvalue weighted by molar-refractivity contribution is 4.80. The van der Waals surface area contributed by atoms with Crippen LogP contribution in [0.5, 0.6) is 0 Å². The molecule has 15 heavy (non-hydrogen) atoms. The Morgan fingerprint density at radius 2 is 2.00 bits per heavy atom. The van der Waals surface area contributed by atoms with E-state index in [0.29, 0.717) is 0 Å². The molecular formula is C13H28N2. The fourth-order valence-corrected chi connectivity index (χ4v) is 1.79. The van der Waals surface area contributed by atoms with E-state index in [1.165, 1.54) is 51.6 Å². The van der Waals surface area contributed by atoms with E-state index in [4.69, 9.17) is 0 Å². The lowest BCUT2D eigenvalue weighted by atomic mass is 10.2. The van der Waals surface area contributed by atoms with Gasteiger partial charge in [0.2, 0.25) is 0 Å². The highest BCUT2D eigenvalue weighted by atomic mass is 15.1. The molecular weight excluding hydrogens is 184 g/mol. The van der Waals surface area contributed by atoms with Crippen molar-refractivity contribution in [1.29, 1.82) is 0 Å². The predicted octanol–water partition coefficient (Wildman–Crippen LogP) is 2.64. The van der Waals surface area contributed by atoms with E-state index in [2.05, 4.69) is 31.1 Å². The lowest BCUT2D eigenvalue weighted by Crippen LogP contribution is -2.29. The molecule has 1 saturated carbocycles. The van der Waals surface area contributed by atoms with Crippen LogP contribution in [-0.4, -0.2) is 37.1 Å². The summed E-state index contributed by atoms with van der Waals surface area (Å²) in [6.07, 6.45) is 8.17. The molecule has 0 heterocycles. The normalized spacial score (nSPS) is 18.4. The first-order valence-corrected chi connectivity index (χ1v) is 6.67. The summed E-state index contributed by atoms with van der Waals surface area (Å²) in [5.41, 5.74) is 0. The summed E-state index contributed by atoms with van der Waals surface area (Å²) in [7, 11) is 2.25. The van der Waals surface area contributed by atoms with Crippen LogP contribution in [0.3, 0.4) is 0 Å². The standard InChI is InChI=1S/C13H28N2/c1-4-12(2)15(3)11-7-5-6-10-14-13-8-9-13/h12-14H,4-11H2,1-3H3. The van der Waals surface area contributed by atoms with Crippen molar-refractivity contribution in [2.45, 2.75) is 64.5 Å². The van der Waals surface area contributed by atoms with Crippen molar-refractivity contribution in [2.24, 2.45) is 0 Å². The van der Waals surface area contributed by atoms with Crippen LogP contribution in [0.15, 0.2) is 0 Å². The number of hydrogen-bond acceptors (Lipinski definition) is 2. The highest BCUT2D eigenvalue weighted by Crippen LogP contribution is 2.18. The van der Waals surface area contributed by atoms with Crippen molar-refractivity contribution in [2.75, 3.05) is 20.1 Å². The second-order valence-electron chi connectivity index (χ2n) is 5.03. The zero-order valence-corrected chi connectivity index (χ0v) is 10.8. The molecule has 0 aromatic carbocycles. The van der Waals surface area contributed by atoms with Crippen molar-refractivity contribution >= 4 is 0 Å². The lowest BCUT2D eigenvalue weighted by molar-refractivity contribution is 0.246. The van der Waals surface area contributed by atoms with Gasteiger partial charge in [0.25, 0.3) is 0 Å². The van der Waals surface area contributed by atoms with Crippen LogP contribution in [-0.2, 0) is 0 Å². The molecule has 1 unspecified atom stereocenters. The zero-order chi connectivity index (χ0) is 11.1. The van der Waals surface area contributed by atoms with Gasteiger partial charge in [0.1, 0.15) is 0 Å². The van der Waals surface area contributed by atoms with Gasteiger partial charge in [-0.25, -0.2) is 0 Å². The molecule has 0 amide bonds. The average Bonchev–Trinajstić information content (AvgIpc) is 3.05. The van der Waals surface area contributed by atoms with Crippen LogP contribution in [0.2, 0.25) is 0 Å². The van der Waals surface area contributed by atoms with Gasteiger partial charge in [-0.2, -0.15) is 0 Å². The summed E-state index contributed by atoms with van der Waals surface area (Å²) >= 11 is 0. The molecule has 0 bridgehead atoms. The van der Waals surface area contributed by atoms with E-state index < -0.39 is 0 Å². The first kappa shape index (κ1) is 13.0. The zero-order valence-electron chi connectivity index (χ0n) is 10.8. The maximum absolute atomic E-state index is 3.57. The van der Waals surface area contributed by atoms with Crippen LogP contribution in [0.1, 0.15) is 52.4 Å². The van der Waals surface area contributed by atoms with E-state index in [9.17, 15) is 0 Å². The van der Waals surface area contributed by atoms with Gasteiger partial charge in [-0.1, -0.05) is 13.3 Å². The molecule has 90 valence electrons. The van der Waals surface area contributed by atoms with Crippen LogP contribution in [0.25, 0.3) is 0 Å². The summed E-state index contributed by atoms with van der Waals surface area (Å²) < 4.78 is 0. The first-order valence-electron chi connectivity index (χ1n) is 6.67. The largest absolute Gasteiger partial charge is 0.314 e. The fraction of sp³-hybridized carbons (Fsp3) is 1.00. The predicted molar refractivity (Wildman–Crippen MR) is 67.3 cm³/mol. The Balaban J connectivity index is 1.82. The molecule has 1 rings (SSSR count). The Morgan fingerprint density at radius 1 is 1.27 bits per heavy atom. The topological polar surface area (TPSA) is 15.3 Å². The molecule has 1 N–H and O–H groups in total. The molecule has 1 aliphatic carbocycles. The van der Waals surface area contributed by atoms with E-state index in [-0.39, 0.29) is 0 Å². The van der Waals surface area contributed by atoms with Gasteiger partial charge in [-0.05, 0) is 59.2 Å². The van der Waals surface area contributed by atoms with Gasteiger partial charge in [0.15, 0.2) is 0 Å². The van der Waals surface area contributed by atoms with Crippen molar-refractivity contribution in [3.63, 3.8) is 0 Å². The molecule has 0 saturated heterocycles.